The third-order valence-corrected chi connectivity index (χ3v) is 5.24. The van der Waals surface area contributed by atoms with Crippen molar-refractivity contribution in [3.63, 3.8) is 0 Å². The molecule has 0 spiro atoms. The molecule has 0 saturated heterocycles. The first kappa shape index (κ1) is 21.4. The van der Waals surface area contributed by atoms with Gasteiger partial charge in [-0.1, -0.05) is 22.9 Å². The molecule has 0 saturated carbocycles. The number of non-ortho nitro benzene ring substituents is 1. The maximum Gasteiger partial charge on any atom is 0.331 e. The van der Waals surface area contributed by atoms with Gasteiger partial charge in [0.15, 0.2) is 0 Å². The molecular formula is C21H18BrN3O5. The normalized spacial score (nSPS) is 16.5. The van der Waals surface area contributed by atoms with Gasteiger partial charge in [-0.3, -0.25) is 14.9 Å². The number of carboxylic acid groups (broad SMARTS) is 1. The lowest BCUT2D eigenvalue weighted by Crippen LogP contribution is -2.28. The zero-order valence-electron chi connectivity index (χ0n) is 16.0. The highest BCUT2D eigenvalue weighted by Gasteiger charge is 2.37. The number of benzene rings is 2. The summed E-state index contributed by atoms with van der Waals surface area (Å²) in [6.45, 7) is 1.87. The van der Waals surface area contributed by atoms with Crippen LogP contribution in [-0.4, -0.2) is 27.6 Å². The highest BCUT2D eigenvalue weighted by atomic mass is 79.9. The molecule has 8 nitrogen and oxygen atoms in total. The summed E-state index contributed by atoms with van der Waals surface area (Å²) >= 11 is 3.35. The summed E-state index contributed by atoms with van der Waals surface area (Å²) < 4.78 is 0.869. The van der Waals surface area contributed by atoms with Crippen LogP contribution in [0.15, 0.2) is 63.7 Å². The number of hydrogen-bond donors (Lipinski definition) is 1. The number of halogens is 1. The highest BCUT2D eigenvalue weighted by Crippen LogP contribution is 2.30. The van der Waals surface area contributed by atoms with Gasteiger partial charge in [-0.2, -0.15) is 5.10 Å². The third-order valence-electron chi connectivity index (χ3n) is 4.71. The van der Waals surface area contributed by atoms with Gasteiger partial charge in [-0.05, 0) is 60.9 Å². The number of amides is 1. The average Bonchev–Trinajstić information content (AvgIpc) is 3.04. The lowest BCUT2D eigenvalue weighted by atomic mass is 9.92. The number of carbonyl (C=O) groups excluding carboxylic acids is 1. The second-order valence-electron chi connectivity index (χ2n) is 6.65. The van der Waals surface area contributed by atoms with Gasteiger partial charge < -0.3 is 5.11 Å². The first-order valence-corrected chi connectivity index (χ1v) is 9.94. The van der Waals surface area contributed by atoms with E-state index in [1.54, 1.807) is 24.3 Å². The Morgan fingerprint density at radius 3 is 2.40 bits per heavy atom. The number of nitro benzene ring substituents is 1. The Bertz CT molecular complexity index is 1050. The fraction of sp³-hybridized carbons (Fsp3) is 0.190. The Labute approximate surface area is 180 Å². The van der Waals surface area contributed by atoms with Crippen molar-refractivity contribution in [2.45, 2.75) is 19.8 Å². The smallest absolute Gasteiger partial charge is 0.331 e. The van der Waals surface area contributed by atoms with Crippen LogP contribution in [0.2, 0.25) is 0 Å². The molecule has 154 valence electrons. The summed E-state index contributed by atoms with van der Waals surface area (Å²) in [5, 5.41) is 26.1. The number of hydrogen-bond acceptors (Lipinski definition) is 5. The summed E-state index contributed by atoms with van der Waals surface area (Å²) in [5.74, 6) is -2.12. The topological polar surface area (TPSA) is 113 Å². The minimum Gasteiger partial charge on any atom is -0.478 e. The Balaban J connectivity index is 1.86. The van der Waals surface area contributed by atoms with Crippen molar-refractivity contribution in [1.82, 2.24) is 0 Å². The summed E-state index contributed by atoms with van der Waals surface area (Å²) in [6.07, 6.45) is 1.91. The number of carboxylic acids is 1. The van der Waals surface area contributed by atoms with Crippen molar-refractivity contribution in [1.29, 1.82) is 0 Å². The largest absolute Gasteiger partial charge is 0.478 e. The van der Waals surface area contributed by atoms with Crippen LogP contribution >= 0.6 is 15.9 Å². The molecule has 1 atom stereocenters. The standard InChI is InChI=1S/C21H18BrN3O5/c1-2-19-18(20(26)24(23-19)16-9-5-15(22)6-10-16)12-14(21(27)28)11-13-3-7-17(8-4-13)25(29)30/h3-11,18H,2,12H2,1H3,(H,27,28). The second kappa shape index (κ2) is 9.00. The number of rotatable bonds is 7. The van der Waals surface area contributed by atoms with Crippen molar-refractivity contribution in [3.8, 4) is 0 Å². The molecule has 1 unspecified atom stereocenters. The fourth-order valence-corrected chi connectivity index (χ4v) is 3.41. The monoisotopic (exact) mass is 471 g/mol. The van der Waals surface area contributed by atoms with Crippen LogP contribution in [0.25, 0.3) is 6.08 Å². The van der Waals surface area contributed by atoms with Crippen LogP contribution in [0.5, 0.6) is 0 Å². The molecule has 9 heteroatoms. The van der Waals surface area contributed by atoms with Crippen molar-refractivity contribution in [3.05, 3.63) is 74.3 Å². The maximum atomic E-state index is 13.0. The van der Waals surface area contributed by atoms with Crippen LogP contribution in [0.4, 0.5) is 11.4 Å². The predicted octanol–water partition coefficient (Wildman–Crippen LogP) is 4.64. The van der Waals surface area contributed by atoms with Gasteiger partial charge >= 0.3 is 5.97 Å². The van der Waals surface area contributed by atoms with Gasteiger partial charge in [-0.25, -0.2) is 9.80 Å². The maximum absolute atomic E-state index is 13.0. The lowest BCUT2D eigenvalue weighted by Gasteiger charge is -2.15. The molecule has 1 heterocycles. The van der Waals surface area contributed by atoms with Gasteiger partial charge in [0.2, 0.25) is 0 Å². The van der Waals surface area contributed by atoms with E-state index in [0.717, 1.165) is 4.47 Å². The SMILES string of the molecule is CCC1=NN(c2ccc(Br)cc2)C(=O)C1CC(=Cc1ccc([N+](=O)[O-])cc1)C(=O)O. The van der Waals surface area contributed by atoms with Crippen LogP contribution in [0.3, 0.4) is 0 Å². The Morgan fingerprint density at radius 2 is 1.87 bits per heavy atom. The van der Waals surface area contributed by atoms with Crippen molar-refractivity contribution in [2.24, 2.45) is 11.0 Å². The summed E-state index contributed by atoms with van der Waals surface area (Å²) in [5.41, 5.74) is 1.66. The van der Waals surface area contributed by atoms with Crippen molar-refractivity contribution < 1.29 is 19.6 Å². The summed E-state index contributed by atoms with van der Waals surface area (Å²) in [6, 6.07) is 12.7. The fourth-order valence-electron chi connectivity index (χ4n) is 3.15. The molecule has 1 amide bonds. The van der Waals surface area contributed by atoms with Crippen molar-refractivity contribution in [2.75, 3.05) is 5.01 Å². The second-order valence-corrected chi connectivity index (χ2v) is 7.57. The molecule has 30 heavy (non-hydrogen) atoms. The summed E-state index contributed by atoms with van der Waals surface area (Å²) in [7, 11) is 0. The number of aliphatic carboxylic acids is 1. The third kappa shape index (κ3) is 4.62. The van der Waals surface area contributed by atoms with Crippen LogP contribution in [0.1, 0.15) is 25.3 Å². The van der Waals surface area contributed by atoms with E-state index in [-0.39, 0.29) is 23.6 Å². The first-order valence-electron chi connectivity index (χ1n) is 9.15. The number of nitro groups is 1. The van der Waals surface area contributed by atoms with Gasteiger partial charge in [-0.15, -0.1) is 0 Å². The molecule has 1 N–H and O–H groups in total. The molecule has 1 aliphatic heterocycles. The van der Waals surface area contributed by atoms with Crippen LogP contribution < -0.4 is 5.01 Å². The quantitative estimate of drug-likeness (QED) is 0.358. The Kier molecular flexibility index (Phi) is 6.41. The molecule has 2 aromatic rings. The molecule has 0 aliphatic carbocycles. The van der Waals surface area contributed by atoms with E-state index in [2.05, 4.69) is 21.0 Å². The molecule has 0 bridgehead atoms. The number of hydrazone groups is 1. The van der Waals surface area contributed by atoms with Crippen LogP contribution in [-0.2, 0) is 9.59 Å². The van der Waals surface area contributed by atoms with E-state index in [1.165, 1.54) is 35.4 Å². The first-order chi connectivity index (χ1) is 14.3. The highest BCUT2D eigenvalue weighted by molar-refractivity contribution is 9.10. The van der Waals surface area contributed by atoms with Gasteiger partial charge in [0.25, 0.3) is 11.6 Å². The van der Waals surface area contributed by atoms with E-state index < -0.39 is 16.8 Å². The minimum absolute atomic E-state index is 0.0230. The number of nitrogens with zero attached hydrogens (tertiary/aromatic N) is 3. The Morgan fingerprint density at radius 1 is 1.23 bits per heavy atom. The molecule has 0 radical (unpaired) electrons. The van der Waals surface area contributed by atoms with Gasteiger partial charge in [0.1, 0.15) is 0 Å². The van der Waals surface area contributed by atoms with Gasteiger partial charge in [0, 0.05) is 22.2 Å². The van der Waals surface area contributed by atoms with E-state index in [9.17, 15) is 24.8 Å². The van der Waals surface area contributed by atoms with E-state index in [1.807, 2.05) is 6.92 Å². The minimum atomic E-state index is -1.15. The van der Waals surface area contributed by atoms with Crippen molar-refractivity contribution >= 4 is 51.0 Å². The zero-order chi connectivity index (χ0) is 21.8. The van der Waals surface area contributed by atoms with E-state index in [0.29, 0.717) is 23.4 Å². The van der Waals surface area contributed by atoms with E-state index in [4.69, 9.17) is 0 Å². The predicted molar refractivity (Wildman–Crippen MR) is 116 cm³/mol. The molecule has 3 rings (SSSR count). The summed E-state index contributed by atoms with van der Waals surface area (Å²) in [4.78, 5) is 35.1. The molecular weight excluding hydrogens is 454 g/mol. The number of anilines is 1. The molecule has 0 fully saturated rings. The average molecular weight is 472 g/mol. The van der Waals surface area contributed by atoms with E-state index >= 15 is 0 Å². The Hall–Kier alpha value is -3.33. The molecule has 2 aromatic carbocycles. The van der Waals surface area contributed by atoms with Crippen LogP contribution in [0, 0.1) is 16.0 Å². The lowest BCUT2D eigenvalue weighted by molar-refractivity contribution is -0.384. The molecule has 1 aliphatic rings. The zero-order valence-corrected chi connectivity index (χ0v) is 17.6. The number of carbonyl (C=O) groups is 2. The molecule has 0 aromatic heterocycles. The van der Waals surface area contributed by atoms with Gasteiger partial charge in [0.05, 0.1) is 22.2 Å².